The lowest BCUT2D eigenvalue weighted by molar-refractivity contribution is 0.103. The second-order valence-corrected chi connectivity index (χ2v) is 5.63. The predicted octanol–water partition coefficient (Wildman–Crippen LogP) is 3.18. The lowest BCUT2D eigenvalue weighted by Crippen LogP contribution is -2.05. The van der Waals surface area contributed by atoms with Gasteiger partial charge in [0.1, 0.15) is 0 Å². The van der Waals surface area contributed by atoms with E-state index in [-0.39, 0.29) is 18.3 Å². The average Bonchev–Trinajstić information content (AvgIpc) is 2.94. The molecular formula is C18H18N2O2. The lowest BCUT2D eigenvalue weighted by Gasteiger charge is -2.06. The van der Waals surface area contributed by atoms with Crippen LogP contribution in [0.3, 0.4) is 0 Å². The number of carbonyl (C=O) groups is 1. The molecule has 0 amide bonds. The van der Waals surface area contributed by atoms with Crippen LogP contribution in [0.25, 0.3) is 5.52 Å². The first-order valence-corrected chi connectivity index (χ1v) is 7.33. The summed E-state index contributed by atoms with van der Waals surface area (Å²) in [7, 11) is 0. The molecule has 3 rings (SSSR count). The molecule has 4 nitrogen and oxygen atoms in total. The molecule has 0 aliphatic carbocycles. The summed E-state index contributed by atoms with van der Waals surface area (Å²) in [6.07, 6.45) is 1.85. The number of fused-ring (bicyclic) bond motifs is 1. The van der Waals surface area contributed by atoms with E-state index in [1.165, 1.54) is 0 Å². The predicted molar refractivity (Wildman–Crippen MR) is 85.1 cm³/mol. The zero-order chi connectivity index (χ0) is 15.7. The van der Waals surface area contributed by atoms with Crippen molar-refractivity contribution in [2.75, 3.05) is 0 Å². The molecule has 0 aliphatic heterocycles. The topological polar surface area (TPSA) is 54.6 Å². The molecule has 0 aliphatic rings. The number of aromatic nitrogens is 2. The van der Waals surface area contributed by atoms with Crippen LogP contribution in [0.15, 0.2) is 48.7 Å². The Hall–Kier alpha value is -2.46. The number of hydrogen-bond acceptors (Lipinski definition) is 3. The standard InChI is InChI=1S/C18H18N2O2/c1-12(2)17-16(15-5-3-4-10-20(15)19-17)18(22)14-8-6-13(11-21)7-9-14/h3-10,12,21H,11H2,1-2H3. The number of ketones is 1. The summed E-state index contributed by atoms with van der Waals surface area (Å²) in [6.45, 7) is 4.04. The largest absolute Gasteiger partial charge is 0.392 e. The molecule has 112 valence electrons. The van der Waals surface area contributed by atoms with Crippen LogP contribution in [0, 0.1) is 0 Å². The molecule has 0 bridgehead atoms. The molecule has 2 heterocycles. The monoisotopic (exact) mass is 294 g/mol. The van der Waals surface area contributed by atoms with E-state index in [4.69, 9.17) is 5.11 Å². The van der Waals surface area contributed by atoms with Crippen molar-refractivity contribution in [2.45, 2.75) is 26.4 Å². The van der Waals surface area contributed by atoms with Gasteiger partial charge in [-0.1, -0.05) is 44.2 Å². The number of rotatable bonds is 4. The van der Waals surface area contributed by atoms with Crippen LogP contribution in [0.5, 0.6) is 0 Å². The summed E-state index contributed by atoms with van der Waals surface area (Å²) in [5.74, 6) is 0.130. The Balaban J connectivity index is 2.14. The highest BCUT2D eigenvalue weighted by Gasteiger charge is 2.22. The molecule has 2 aromatic heterocycles. The van der Waals surface area contributed by atoms with Gasteiger partial charge < -0.3 is 5.11 Å². The van der Waals surface area contributed by atoms with Gasteiger partial charge in [-0.2, -0.15) is 5.10 Å². The highest BCUT2D eigenvalue weighted by atomic mass is 16.3. The molecule has 3 aromatic rings. The highest BCUT2D eigenvalue weighted by molar-refractivity contribution is 6.14. The Labute approximate surface area is 129 Å². The fourth-order valence-electron chi connectivity index (χ4n) is 2.56. The number of hydrogen-bond donors (Lipinski definition) is 1. The Bertz CT molecular complexity index is 817. The van der Waals surface area contributed by atoms with Gasteiger partial charge in [-0.25, -0.2) is 4.52 Å². The van der Waals surface area contributed by atoms with Crippen LogP contribution in [0.4, 0.5) is 0 Å². The normalized spacial score (nSPS) is 11.3. The third kappa shape index (κ3) is 2.42. The first-order valence-electron chi connectivity index (χ1n) is 7.33. The fourth-order valence-corrected chi connectivity index (χ4v) is 2.56. The van der Waals surface area contributed by atoms with E-state index in [1.54, 1.807) is 28.8 Å². The van der Waals surface area contributed by atoms with Crippen LogP contribution in [-0.2, 0) is 6.61 Å². The van der Waals surface area contributed by atoms with Crippen molar-refractivity contribution in [3.63, 3.8) is 0 Å². The van der Waals surface area contributed by atoms with Crippen molar-refractivity contribution >= 4 is 11.3 Å². The van der Waals surface area contributed by atoms with Crippen LogP contribution >= 0.6 is 0 Å². The van der Waals surface area contributed by atoms with Gasteiger partial charge in [0.05, 0.1) is 23.4 Å². The lowest BCUT2D eigenvalue weighted by atomic mass is 9.96. The molecule has 1 aromatic carbocycles. The van der Waals surface area contributed by atoms with Crippen LogP contribution in [-0.4, -0.2) is 20.5 Å². The fraction of sp³-hybridized carbons (Fsp3) is 0.222. The Morgan fingerprint density at radius 1 is 1.18 bits per heavy atom. The van der Waals surface area contributed by atoms with Gasteiger partial charge in [0.2, 0.25) is 0 Å². The first kappa shape index (κ1) is 14.5. The molecule has 22 heavy (non-hydrogen) atoms. The van der Waals surface area contributed by atoms with Crippen molar-refractivity contribution in [2.24, 2.45) is 0 Å². The van der Waals surface area contributed by atoms with Crippen LogP contribution in [0.2, 0.25) is 0 Å². The minimum atomic E-state index is -0.0330. The Morgan fingerprint density at radius 2 is 1.91 bits per heavy atom. The van der Waals surface area contributed by atoms with Crippen molar-refractivity contribution in [1.29, 1.82) is 0 Å². The third-order valence-corrected chi connectivity index (χ3v) is 3.74. The number of aliphatic hydroxyl groups is 1. The molecule has 0 unspecified atom stereocenters. The SMILES string of the molecule is CC(C)c1nn2ccccc2c1C(=O)c1ccc(CO)cc1. The van der Waals surface area contributed by atoms with E-state index in [9.17, 15) is 4.79 Å². The average molecular weight is 294 g/mol. The molecule has 0 spiro atoms. The van der Waals surface area contributed by atoms with Gasteiger partial charge in [-0.05, 0) is 23.6 Å². The first-order chi connectivity index (χ1) is 10.6. The second kappa shape index (κ2) is 5.73. The molecule has 0 radical (unpaired) electrons. The van der Waals surface area contributed by atoms with Gasteiger partial charge in [0.25, 0.3) is 0 Å². The summed E-state index contributed by atoms with van der Waals surface area (Å²) in [5.41, 5.74) is 3.69. The zero-order valence-corrected chi connectivity index (χ0v) is 12.7. The van der Waals surface area contributed by atoms with Gasteiger partial charge in [-0.3, -0.25) is 4.79 Å². The van der Waals surface area contributed by atoms with Crippen molar-refractivity contribution in [3.05, 3.63) is 71.0 Å². The summed E-state index contributed by atoms with van der Waals surface area (Å²) >= 11 is 0. The number of carbonyl (C=O) groups excluding carboxylic acids is 1. The van der Waals surface area contributed by atoms with E-state index in [1.807, 2.05) is 38.2 Å². The molecule has 0 atom stereocenters. The van der Waals surface area contributed by atoms with E-state index >= 15 is 0 Å². The van der Waals surface area contributed by atoms with E-state index in [0.29, 0.717) is 11.1 Å². The van der Waals surface area contributed by atoms with E-state index in [0.717, 1.165) is 16.8 Å². The van der Waals surface area contributed by atoms with Crippen LogP contribution in [0.1, 0.15) is 46.9 Å². The quantitative estimate of drug-likeness (QED) is 0.752. The van der Waals surface area contributed by atoms with Gasteiger partial charge >= 0.3 is 0 Å². The van der Waals surface area contributed by atoms with Crippen molar-refractivity contribution in [3.8, 4) is 0 Å². The third-order valence-electron chi connectivity index (χ3n) is 3.74. The smallest absolute Gasteiger partial charge is 0.197 e. The van der Waals surface area contributed by atoms with Gasteiger partial charge in [-0.15, -0.1) is 0 Å². The number of benzene rings is 1. The second-order valence-electron chi connectivity index (χ2n) is 5.63. The van der Waals surface area contributed by atoms with Crippen LogP contribution < -0.4 is 0 Å². The summed E-state index contributed by atoms with van der Waals surface area (Å²) in [6, 6.07) is 12.8. The zero-order valence-electron chi connectivity index (χ0n) is 12.7. The molecule has 0 saturated carbocycles. The maximum Gasteiger partial charge on any atom is 0.197 e. The molecule has 4 heteroatoms. The van der Waals surface area contributed by atoms with E-state index in [2.05, 4.69) is 5.10 Å². The minimum absolute atomic E-state index is 0.0254. The van der Waals surface area contributed by atoms with E-state index < -0.39 is 0 Å². The number of aliphatic hydroxyl groups excluding tert-OH is 1. The maximum atomic E-state index is 12.9. The highest BCUT2D eigenvalue weighted by Crippen LogP contribution is 2.25. The number of pyridine rings is 1. The molecule has 0 saturated heterocycles. The minimum Gasteiger partial charge on any atom is -0.392 e. The Kier molecular flexibility index (Phi) is 3.77. The van der Waals surface area contributed by atoms with Gasteiger partial charge in [0, 0.05) is 11.8 Å². The van der Waals surface area contributed by atoms with Gasteiger partial charge in [0.15, 0.2) is 5.78 Å². The van der Waals surface area contributed by atoms with Crippen molar-refractivity contribution in [1.82, 2.24) is 9.61 Å². The summed E-state index contributed by atoms with van der Waals surface area (Å²) < 4.78 is 1.75. The molecule has 0 fully saturated rings. The summed E-state index contributed by atoms with van der Waals surface area (Å²) in [5, 5.41) is 13.7. The Morgan fingerprint density at radius 3 is 2.55 bits per heavy atom. The molecule has 1 N–H and O–H groups in total. The molecular weight excluding hydrogens is 276 g/mol. The summed E-state index contributed by atoms with van der Waals surface area (Å²) in [4.78, 5) is 12.9. The van der Waals surface area contributed by atoms with Crippen molar-refractivity contribution < 1.29 is 9.90 Å². The number of nitrogens with zero attached hydrogens (tertiary/aromatic N) is 2. The maximum absolute atomic E-state index is 12.9.